The number of nitrogens with zero attached hydrogens (tertiary/aromatic N) is 2. The third-order valence-electron chi connectivity index (χ3n) is 4.41. The first-order valence-electron chi connectivity index (χ1n) is 7.84. The van der Waals surface area contributed by atoms with E-state index in [-0.39, 0.29) is 5.88 Å². The molecule has 0 radical (unpaired) electrons. The van der Waals surface area contributed by atoms with Crippen molar-refractivity contribution in [3.8, 4) is 11.8 Å². The second-order valence-electron chi connectivity index (χ2n) is 6.12. The van der Waals surface area contributed by atoms with E-state index < -0.39 is 5.92 Å². The molecule has 0 aliphatic carbocycles. The SMILES string of the molecule is Cc1cc(C)c2c3c(sc2n1)[C@H](c1cccc(Cl)c1Cl)C(C#N)=C(N)O3. The average Bonchev–Trinajstić information content (AvgIpc) is 2.94. The fourth-order valence-electron chi connectivity index (χ4n) is 3.32. The number of allylic oxidation sites excluding steroid dienone is 1. The lowest BCUT2D eigenvalue weighted by molar-refractivity contribution is 0.401. The van der Waals surface area contributed by atoms with Crippen molar-refractivity contribution in [2.24, 2.45) is 5.73 Å². The number of halogens is 2. The Bertz CT molecular complexity index is 1140. The summed E-state index contributed by atoms with van der Waals surface area (Å²) in [5.41, 5.74) is 9.11. The van der Waals surface area contributed by atoms with Crippen molar-refractivity contribution in [2.45, 2.75) is 19.8 Å². The van der Waals surface area contributed by atoms with E-state index in [1.807, 2.05) is 32.0 Å². The highest BCUT2D eigenvalue weighted by atomic mass is 35.5. The van der Waals surface area contributed by atoms with E-state index >= 15 is 0 Å². The zero-order valence-electron chi connectivity index (χ0n) is 13.9. The number of benzene rings is 1. The van der Waals surface area contributed by atoms with Gasteiger partial charge in [-0.3, -0.25) is 0 Å². The molecule has 0 unspecified atom stereocenters. The molecular weight excluding hydrogens is 389 g/mol. The summed E-state index contributed by atoms with van der Waals surface area (Å²) in [5, 5.41) is 11.5. The van der Waals surface area contributed by atoms with E-state index in [4.69, 9.17) is 33.7 Å². The molecule has 0 bridgehead atoms. The zero-order chi connectivity index (χ0) is 18.6. The van der Waals surface area contributed by atoms with Crippen LogP contribution >= 0.6 is 34.5 Å². The van der Waals surface area contributed by atoms with Crippen molar-refractivity contribution in [2.75, 3.05) is 0 Å². The Morgan fingerprint density at radius 2 is 2.08 bits per heavy atom. The number of pyridine rings is 1. The van der Waals surface area contributed by atoms with Gasteiger partial charge in [-0.05, 0) is 37.1 Å². The summed E-state index contributed by atoms with van der Waals surface area (Å²) in [6.45, 7) is 3.96. The second kappa shape index (κ2) is 6.17. The quantitative estimate of drug-likeness (QED) is 0.589. The molecule has 1 aromatic carbocycles. The highest BCUT2D eigenvalue weighted by Gasteiger charge is 2.36. The molecule has 4 nitrogen and oxygen atoms in total. The molecule has 130 valence electrons. The molecule has 0 amide bonds. The topological polar surface area (TPSA) is 71.9 Å². The van der Waals surface area contributed by atoms with E-state index in [9.17, 15) is 5.26 Å². The summed E-state index contributed by atoms with van der Waals surface area (Å²) in [6, 6.07) is 9.56. The zero-order valence-corrected chi connectivity index (χ0v) is 16.3. The van der Waals surface area contributed by atoms with Crippen LogP contribution in [0, 0.1) is 25.2 Å². The van der Waals surface area contributed by atoms with Crippen LogP contribution in [-0.4, -0.2) is 4.98 Å². The summed E-state index contributed by atoms with van der Waals surface area (Å²) < 4.78 is 5.86. The number of hydrogen-bond donors (Lipinski definition) is 1. The number of nitriles is 1. The molecular formula is C19H13Cl2N3OS. The Balaban J connectivity index is 2.07. The van der Waals surface area contributed by atoms with E-state index in [1.165, 1.54) is 11.3 Å². The lowest BCUT2D eigenvalue weighted by Crippen LogP contribution is -2.20. The van der Waals surface area contributed by atoms with Gasteiger partial charge in [-0.15, -0.1) is 11.3 Å². The van der Waals surface area contributed by atoms with Crippen LogP contribution in [0.25, 0.3) is 10.2 Å². The summed E-state index contributed by atoms with van der Waals surface area (Å²) in [6.07, 6.45) is 0. The third kappa shape index (κ3) is 2.45. The van der Waals surface area contributed by atoms with Crippen LogP contribution in [0.15, 0.2) is 35.7 Å². The first-order valence-corrected chi connectivity index (χ1v) is 9.41. The van der Waals surface area contributed by atoms with Crippen LogP contribution < -0.4 is 10.5 Å². The molecule has 0 spiro atoms. The minimum Gasteiger partial charge on any atom is -0.439 e. The summed E-state index contributed by atoms with van der Waals surface area (Å²) in [5.74, 6) is 0.294. The van der Waals surface area contributed by atoms with Gasteiger partial charge in [0.05, 0.1) is 26.2 Å². The maximum absolute atomic E-state index is 9.70. The Kier molecular flexibility index (Phi) is 4.07. The molecule has 2 N–H and O–H groups in total. The molecule has 0 saturated heterocycles. The van der Waals surface area contributed by atoms with Crippen molar-refractivity contribution in [1.29, 1.82) is 5.26 Å². The molecule has 7 heteroatoms. The molecule has 3 heterocycles. The number of aryl methyl sites for hydroxylation is 2. The number of fused-ring (bicyclic) bond motifs is 3. The molecule has 4 rings (SSSR count). The van der Waals surface area contributed by atoms with E-state index in [1.54, 1.807) is 6.07 Å². The molecule has 3 aromatic rings. The van der Waals surface area contributed by atoms with Gasteiger partial charge in [0.25, 0.3) is 0 Å². The monoisotopic (exact) mass is 401 g/mol. The normalized spacial score (nSPS) is 16.3. The van der Waals surface area contributed by atoms with Gasteiger partial charge < -0.3 is 10.5 Å². The molecule has 0 fully saturated rings. The van der Waals surface area contributed by atoms with Gasteiger partial charge >= 0.3 is 0 Å². The van der Waals surface area contributed by atoms with Crippen molar-refractivity contribution >= 4 is 44.8 Å². The van der Waals surface area contributed by atoms with Gasteiger partial charge in [-0.2, -0.15) is 5.26 Å². The number of ether oxygens (including phenoxy) is 1. The van der Waals surface area contributed by atoms with Crippen LogP contribution in [0.4, 0.5) is 0 Å². The molecule has 1 aliphatic rings. The first-order chi connectivity index (χ1) is 12.4. The summed E-state index contributed by atoms with van der Waals surface area (Å²) >= 11 is 14.2. The number of hydrogen-bond acceptors (Lipinski definition) is 5. The van der Waals surface area contributed by atoms with Crippen LogP contribution in [0.1, 0.15) is 27.6 Å². The Hall–Kier alpha value is -2.26. The number of rotatable bonds is 1. The average molecular weight is 402 g/mol. The van der Waals surface area contributed by atoms with Crippen molar-refractivity contribution in [3.63, 3.8) is 0 Å². The van der Waals surface area contributed by atoms with Crippen LogP contribution in [-0.2, 0) is 0 Å². The van der Waals surface area contributed by atoms with Gasteiger partial charge in [0.2, 0.25) is 5.88 Å². The fourth-order valence-corrected chi connectivity index (χ4v) is 5.09. The standard InChI is InChI=1S/C19H13Cl2N3OS/c1-8-6-9(2)24-19-13(8)16-17(26-19)14(11(7-22)18(23)25-16)10-4-3-5-12(20)15(10)21/h3-6,14H,23H2,1-2H3/t14-/m1/s1. The molecule has 1 aliphatic heterocycles. The van der Waals surface area contributed by atoms with E-state index in [0.29, 0.717) is 21.4 Å². The van der Waals surface area contributed by atoms with E-state index in [0.717, 1.165) is 31.9 Å². The van der Waals surface area contributed by atoms with Gasteiger partial charge in [-0.25, -0.2) is 4.98 Å². The largest absolute Gasteiger partial charge is 0.439 e. The van der Waals surface area contributed by atoms with Gasteiger partial charge in [-0.1, -0.05) is 35.3 Å². The Morgan fingerprint density at radius 1 is 1.31 bits per heavy atom. The lowest BCUT2D eigenvalue weighted by atomic mass is 9.88. The maximum atomic E-state index is 9.70. The van der Waals surface area contributed by atoms with Crippen molar-refractivity contribution in [3.05, 3.63) is 67.5 Å². The lowest BCUT2D eigenvalue weighted by Gasteiger charge is -2.24. The first kappa shape index (κ1) is 17.2. The summed E-state index contributed by atoms with van der Waals surface area (Å²) in [7, 11) is 0. The fraction of sp³-hybridized carbons (Fsp3) is 0.158. The highest BCUT2D eigenvalue weighted by molar-refractivity contribution is 7.19. The van der Waals surface area contributed by atoms with Gasteiger partial charge in [0.1, 0.15) is 16.5 Å². The predicted octanol–water partition coefficient (Wildman–Crippen LogP) is 5.44. The molecule has 26 heavy (non-hydrogen) atoms. The van der Waals surface area contributed by atoms with Crippen LogP contribution in [0.2, 0.25) is 10.0 Å². The maximum Gasteiger partial charge on any atom is 0.205 e. The predicted molar refractivity (Wildman–Crippen MR) is 105 cm³/mol. The van der Waals surface area contributed by atoms with Crippen LogP contribution in [0.5, 0.6) is 5.75 Å². The van der Waals surface area contributed by atoms with Crippen molar-refractivity contribution < 1.29 is 4.74 Å². The second-order valence-corrected chi connectivity index (χ2v) is 7.94. The Morgan fingerprint density at radius 3 is 2.81 bits per heavy atom. The van der Waals surface area contributed by atoms with Gasteiger partial charge in [0, 0.05) is 5.69 Å². The molecule has 1 atom stereocenters. The third-order valence-corrected chi connectivity index (χ3v) is 6.37. The summed E-state index contributed by atoms with van der Waals surface area (Å²) in [4.78, 5) is 6.33. The molecule has 0 saturated carbocycles. The molecule has 2 aromatic heterocycles. The number of nitrogens with two attached hydrogens (primary N) is 1. The number of thiophene rings is 1. The minimum atomic E-state index is -0.436. The van der Waals surface area contributed by atoms with Crippen LogP contribution in [0.3, 0.4) is 0 Å². The van der Waals surface area contributed by atoms with Gasteiger partial charge in [0.15, 0.2) is 5.75 Å². The van der Waals surface area contributed by atoms with Crippen molar-refractivity contribution in [1.82, 2.24) is 4.98 Å². The number of aromatic nitrogens is 1. The minimum absolute atomic E-state index is 0.0840. The smallest absolute Gasteiger partial charge is 0.205 e. The highest BCUT2D eigenvalue weighted by Crippen LogP contribution is 2.52. The Labute approximate surface area is 164 Å². The van der Waals surface area contributed by atoms with E-state index in [2.05, 4.69) is 11.1 Å².